The third kappa shape index (κ3) is 2.52. The van der Waals surface area contributed by atoms with Crippen LogP contribution >= 0.6 is 0 Å². The Hall–Kier alpha value is -3.14. The highest BCUT2D eigenvalue weighted by Crippen LogP contribution is 2.30. The molecule has 0 saturated heterocycles. The molecular formula is C20H17NO3. The third-order valence-corrected chi connectivity index (χ3v) is 4.03. The van der Waals surface area contributed by atoms with E-state index in [-0.39, 0.29) is 11.3 Å². The van der Waals surface area contributed by atoms with E-state index in [1.54, 1.807) is 32.2 Å². The summed E-state index contributed by atoms with van der Waals surface area (Å²) in [5.41, 5.74) is 2.19. The van der Waals surface area contributed by atoms with Crippen LogP contribution in [0.1, 0.15) is 5.56 Å². The van der Waals surface area contributed by atoms with Crippen molar-refractivity contribution in [1.82, 2.24) is 0 Å². The smallest absolute Gasteiger partial charge is 0.250 e. The molecule has 0 bridgehead atoms. The highest BCUT2D eigenvalue weighted by atomic mass is 16.3. The van der Waals surface area contributed by atoms with E-state index < -0.39 is 0 Å². The summed E-state index contributed by atoms with van der Waals surface area (Å²) < 4.78 is 6.08. The molecule has 120 valence electrons. The summed E-state index contributed by atoms with van der Waals surface area (Å²) in [5, 5.41) is 0.452. The molecule has 3 aromatic rings. The van der Waals surface area contributed by atoms with Crippen molar-refractivity contribution in [3.05, 3.63) is 77.0 Å². The molecule has 3 rings (SSSR count). The topological polar surface area (TPSA) is 50.5 Å². The van der Waals surface area contributed by atoms with Crippen LogP contribution in [0.3, 0.4) is 0 Å². The zero-order chi connectivity index (χ0) is 17.3. The molecule has 0 saturated carbocycles. The Kier molecular flexibility index (Phi) is 4.04. The summed E-state index contributed by atoms with van der Waals surface area (Å²) in [5.74, 6) is 0.243. The average molecular weight is 319 g/mol. The Morgan fingerprint density at radius 1 is 1.12 bits per heavy atom. The molecule has 0 unspecified atom stereocenters. The van der Waals surface area contributed by atoms with Gasteiger partial charge in [0, 0.05) is 18.2 Å². The molecule has 1 heterocycles. The van der Waals surface area contributed by atoms with Crippen LogP contribution in [0.2, 0.25) is 0 Å². The van der Waals surface area contributed by atoms with Crippen molar-refractivity contribution in [2.75, 3.05) is 11.9 Å². The highest BCUT2D eigenvalue weighted by molar-refractivity contribution is 6.05. The van der Waals surface area contributed by atoms with Gasteiger partial charge < -0.3 is 9.32 Å². The van der Waals surface area contributed by atoms with Crippen molar-refractivity contribution in [2.24, 2.45) is 0 Å². The van der Waals surface area contributed by atoms with Gasteiger partial charge >= 0.3 is 0 Å². The number of para-hydroxylation sites is 1. The van der Waals surface area contributed by atoms with Crippen LogP contribution in [-0.2, 0) is 4.79 Å². The van der Waals surface area contributed by atoms with Crippen molar-refractivity contribution in [3.63, 3.8) is 0 Å². The number of anilines is 1. The number of hydrogen-bond donors (Lipinski definition) is 0. The molecule has 0 aliphatic heterocycles. The first-order chi connectivity index (χ1) is 11.5. The zero-order valence-corrected chi connectivity index (χ0v) is 13.6. The summed E-state index contributed by atoms with van der Waals surface area (Å²) in [6.45, 7) is 5.25. The molecule has 1 amide bonds. The van der Waals surface area contributed by atoms with Crippen LogP contribution in [0.4, 0.5) is 5.69 Å². The average Bonchev–Trinajstić information content (AvgIpc) is 2.63. The third-order valence-electron chi connectivity index (χ3n) is 4.03. The molecule has 0 spiro atoms. The number of fused-ring (bicyclic) bond motifs is 1. The van der Waals surface area contributed by atoms with Crippen LogP contribution in [0, 0.1) is 6.92 Å². The first kappa shape index (κ1) is 15.7. The predicted molar refractivity (Wildman–Crippen MR) is 96.3 cm³/mol. The lowest BCUT2D eigenvalue weighted by atomic mass is 10.1. The summed E-state index contributed by atoms with van der Waals surface area (Å²) in [6, 6.07) is 14.6. The summed E-state index contributed by atoms with van der Waals surface area (Å²) in [6.07, 6.45) is 1.23. The van der Waals surface area contributed by atoms with Gasteiger partial charge in [0.05, 0.1) is 11.1 Å². The largest absolute Gasteiger partial charge is 0.453 e. The molecule has 0 atom stereocenters. The summed E-state index contributed by atoms with van der Waals surface area (Å²) in [7, 11) is 1.63. The molecule has 0 aliphatic rings. The molecule has 0 fully saturated rings. The fraction of sp³-hybridized carbons (Fsp3) is 0.100. The number of hydrogen-bond acceptors (Lipinski definition) is 3. The lowest BCUT2D eigenvalue weighted by Gasteiger charge is -2.17. The second-order valence-electron chi connectivity index (χ2n) is 5.51. The number of rotatable bonds is 3. The van der Waals surface area contributed by atoms with Gasteiger partial charge in [0.2, 0.25) is 5.91 Å². The van der Waals surface area contributed by atoms with Crippen molar-refractivity contribution in [3.8, 4) is 11.3 Å². The second-order valence-corrected chi connectivity index (χ2v) is 5.51. The van der Waals surface area contributed by atoms with E-state index in [4.69, 9.17) is 4.42 Å². The van der Waals surface area contributed by atoms with Gasteiger partial charge in [-0.25, -0.2) is 0 Å². The molecular weight excluding hydrogens is 302 g/mol. The fourth-order valence-corrected chi connectivity index (χ4v) is 2.68. The van der Waals surface area contributed by atoms with Crippen molar-refractivity contribution in [1.29, 1.82) is 0 Å². The normalized spacial score (nSPS) is 10.6. The van der Waals surface area contributed by atoms with E-state index >= 15 is 0 Å². The molecule has 4 heteroatoms. The minimum absolute atomic E-state index is 0.101. The quantitative estimate of drug-likeness (QED) is 0.688. The number of amides is 1. The highest BCUT2D eigenvalue weighted by Gasteiger charge is 2.18. The molecule has 0 N–H and O–H groups in total. The Labute approximate surface area is 139 Å². The van der Waals surface area contributed by atoms with E-state index in [2.05, 4.69) is 6.58 Å². The van der Waals surface area contributed by atoms with Gasteiger partial charge in [0.15, 0.2) is 11.0 Å². The van der Waals surface area contributed by atoms with Gasteiger partial charge in [0.25, 0.3) is 0 Å². The lowest BCUT2D eigenvalue weighted by Crippen LogP contribution is -2.24. The molecule has 0 radical (unpaired) electrons. The van der Waals surface area contributed by atoms with E-state index in [1.807, 2.05) is 30.3 Å². The van der Waals surface area contributed by atoms with Crippen LogP contribution < -0.4 is 10.3 Å². The van der Waals surface area contributed by atoms with Gasteiger partial charge in [-0.1, -0.05) is 43.0 Å². The maximum Gasteiger partial charge on any atom is 0.250 e. The first-order valence-electron chi connectivity index (χ1n) is 7.56. The van der Waals surface area contributed by atoms with Crippen LogP contribution in [0.25, 0.3) is 22.3 Å². The zero-order valence-electron chi connectivity index (χ0n) is 13.6. The number of benzene rings is 2. The van der Waals surface area contributed by atoms with Gasteiger partial charge in [0.1, 0.15) is 5.76 Å². The molecule has 2 aromatic carbocycles. The maximum atomic E-state index is 12.8. The number of likely N-dealkylation sites (N-methyl/N-ethyl adjacent to an activating group) is 1. The van der Waals surface area contributed by atoms with Crippen molar-refractivity contribution < 1.29 is 9.21 Å². The van der Waals surface area contributed by atoms with Crippen LogP contribution in [-0.4, -0.2) is 13.0 Å². The van der Waals surface area contributed by atoms with E-state index in [9.17, 15) is 9.59 Å². The minimum Gasteiger partial charge on any atom is -0.453 e. The monoisotopic (exact) mass is 319 g/mol. The Bertz CT molecular complexity index is 987. The molecule has 24 heavy (non-hydrogen) atoms. The van der Waals surface area contributed by atoms with Gasteiger partial charge in [-0.3, -0.25) is 9.59 Å². The molecule has 4 nitrogen and oxygen atoms in total. The summed E-state index contributed by atoms with van der Waals surface area (Å²) in [4.78, 5) is 26.1. The molecule has 1 aromatic heterocycles. The summed E-state index contributed by atoms with van der Waals surface area (Å²) >= 11 is 0. The van der Waals surface area contributed by atoms with Crippen LogP contribution in [0.15, 0.2) is 70.4 Å². The Balaban J connectivity index is 2.35. The van der Waals surface area contributed by atoms with Crippen molar-refractivity contribution >= 4 is 22.6 Å². The predicted octanol–water partition coefficient (Wildman–Crippen LogP) is 3.92. The van der Waals surface area contributed by atoms with Gasteiger partial charge in [-0.2, -0.15) is 0 Å². The minimum atomic E-state index is -0.271. The number of carbonyl (C=O) groups is 1. The van der Waals surface area contributed by atoms with E-state index in [0.29, 0.717) is 28.0 Å². The van der Waals surface area contributed by atoms with Gasteiger partial charge in [-0.15, -0.1) is 0 Å². The van der Waals surface area contributed by atoms with E-state index in [1.165, 1.54) is 11.0 Å². The number of carbonyl (C=O) groups excluding carboxylic acids is 1. The fourth-order valence-electron chi connectivity index (χ4n) is 2.68. The standard InChI is InChI=1S/C20H17NO3/c1-4-17(22)21(3)16-12-8-11-15-18(23)13(2)19(24-20(15)16)14-9-6-5-7-10-14/h4-12H,1H2,2-3H3. The molecule has 0 aliphatic carbocycles. The van der Waals surface area contributed by atoms with Gasteiger partial charge in [-0.05, 0) is 25.1 Å². The Morgan fingerprint density at radius 3 is 2.50 bits per heavy atom. The SMILES string of the molecule is C=CC(=O)N(C)c1cccc2c(=O)c(C)c(-c3ccccc3)oc12. The second kappa shape index (κ2) is 6.16. The van der Waals surface area contributed by atoms with Crippen LogP contribution in [0.5, 0.6) is 0 Å². The maximum absolute atomic E-state index is 12.8. The van der Waals surface area contributed by atoms with Crippen molar-refractivity contribution in [2.45, 2.75) is 6.92 Å². The Morgan fingerprint density at radius 2 is 1.83 bits per heavy atom. The first-order valence-corrected chi connectivity index (χ1v) is 7.56. The number of nitrogens with zero attached hydrogens (tertiary/aromatic N) is 1. The van der Waals surface area contributed by atoms with E-state index in [0.717, 1.165) is 5.56 Å². The lowest BCUT2D eigenvalue weighted by molar-refractivity contribution is -0.113.